The Labute approximate surface area is 122 Å². The van der Waals surface area contributed by atoms with Gasteiger partial charge in [0.05, 0.1) is 44.7 Å². The minimum atomic E-state index is -0.211. The maximum atomic E-state index is 9.82. The Morgan fingerprint density at radius 3 is 1.90 bits per heavy atom. The van der Waals surface area contributed by atoms with Gasteiger partial charge in [0.15, 0.2) is 0 Å². The van der Waals surface area contributed by atoms with Crippen LogP contribution in [0.1, 0.15) is 34.6 Å². The third-order valence-corrected chi connectivity index (χ3v) is 2.24. The van der Waals surface area contributed by atoms with Gasteiger partial charge in [-0.2, -0.15) is 0 Å². The minimum absolute atomic E-state index is 0.0293. The summed E-state index contributed by atoms with van der Waals surface area (Å²) in [6, 6.07) is 0. The van der Waals surface area contributed by atoms with Gasteiger partial charge in [-0.05, 0) is 27.7 Å². The van der Waals surface area contributed by atoms with E-state index in [1.807, 2.05) is 20.8 Å². The van der Waals surface area contributed by atoms with Gasteiger partial charge in [0.1, 0.15) is 0 Å². The van der Waals surface area contributed by atoms with E-state index in [9.17, 15) is 4.79 Å². The zero-order valence-corrected chi connectivity index (χ0v) is 13.5. The second-order valence-electron chi connectivity index (χ2n) is 4.44. The molecule has 0 amide bonds. The van der Waals surface area contributed by atoms with Crippen LogP contribution in [0.25, 0.3) is 0 Å². The molecule has 0 aliphatic rings. The van der Waals surface area contributed by atoms with Crippen LogP contribution >= 0.6 is 0 Å². The van der Waals surface area contributed by atoms with Crippen molar-refractivity contribution in [2.45, 2.75) is 52.9 Å². The molecule has 1 N–H and O–H groups in total. The van der Waals surface area contributed by atoms with E-state index in [1.165, 1.54) is 6.92 Å². The van der Waals surface area contributed by atoms with Crippen molar-refractivity contribution in [2.24, 2.45) is 0 Å². The van der Waals surface area contributed by atoms with Crippen LogP contribution in [-0.4, -0.2) is 62.9 Å². The van der Waals surface area contributed by atoms with Crippen molar-refractivity contribution < 1.29 is 28.8 Å². The van der Waals surface area contributed by atoms with Gasteiger partial charge in [-0.3, -0.25) is 4.79 Å². The monoisotopic (exact) mass is 294 g/mol. The Morgan fingerprint density at radius 2 is 1.55 bits per heavy atom. The SMILES string of the molecule is CCOC(C)=O.COC(C)COC(C)COC(C)CO. The summed E-state index contributed by atoms with van der Waals surface area (Å²) in [7, 11) is 1.66. The van der Waals surface area contributed by atoms with E-state index in [-0.39, 0.29) is 30.9 Å². The summed E-state index contributed by atoms with van der Waals surface area (Å²) in [6.07, 6.45) is 0.00946. The van der Waals surface area contributed by atoms with Crippen molar-refractivity contribution in [3.05, 3.63) is 0 Å². The third-order valence-electron chi connectivity index (χ3n) is 2.24. The van der Waals surface area contributed by atoms with Gasteiger partial charge >= 0.3 is 5.97 Å². The van der Waals surface area contributed by atoms with Crippen molar-refractivity contribution in [1.82, 2.24) is 0 Å². The van der Waals surface area contributed by atoms with E-state index in [4.69, 9.17) is 19.3 Å². The number of rotatable bonds is 9. The molecule has 3 atom stereocenters. The Kier molecular flexibility index (Phi) is 15.9. The summed E-state index contributed by atoms with van der Waals surface area (Å²) < 4.78 is 20.2. The van der Waals surface area contributed by atoms with Crippen LogP contribution in [0.5, 0.6) is 0 Å². The Bertz CT molecular complexity index is 208. The van der Waals surface area contributed by atoms with E-state index < -0.39 is 0 Å². The molecule has 0 bridgehead atoms. The fraction of sp³-hybridized carbons (Fsp3) is 0.929. The first-order valence-corrected chi connectivity index (χ1v) is 6.87. The molecule has 0 saturated carbocycles. The van der Waals surface area contributed by atoms with E-state index >= 15 is 0 Å². The molecule has 6 nitrogen and oxygen atoms in total. The first-order chi connectivity index (χ1) is 9.37. The van der Waals surface area contributed by atoms with Gasteiger partial charge in [-0.15, -0.1) is 0 Å². The van der Waals surface area contributed by atoms with E-state index in [2.05, 4.69) is 4.74 Å². The first kappa shape index (κ1) is 21.6. The van der Waals surface area contributed by atoms with Gasteiger partial charge in [-0.1, -0.05) is 0 Å². The summed E-state index contributed by atoms with van der Waals surface area (Å²) in [5, 5.41) is 8.72. The fourth-order valence-corrected chi connectivity index (χ4v) is 0.972. The molecule has 0 aromatic carbocycles. The molecular formula is C14H30O6. The predicted octanol–water partition coefficient (Wildman–Crippen LogP) is 1.39. The average molecular weight is 294 g/mol. The second-order valence-corrected chi connectivity index (χ2v) is 4.44. The Balaban J connectivity index is 0. The summed E-state index contributed by atoms with van der Waals surface area (Å²) in [4.78, 5) is 9.82. The molecule has 0 heterocycles. The number of hydrogen-bond donors (Lipinski definition) is 1. The lowest BCUT2D eigenvalue weighted by atomic mass is 10.4. The molecule has 0 fully saturated rings. The summed E-state index contributed by atoms with van der Waals surface area (Å²) in [6.45, 7) is 10.5. The lowest BCUT2D eigenvalue weighted by Gasteiger charge is -2.18. The van der Waals surface area contributed by atoms with Crippen molar-refractivity contribution >= 4 is 5.97 Å². The smallest absolute Gasteiger partial charge is 0.302 e. The number of carbonyl (C=O) groups excluding carboxylic acids is 1. The first-order valence-electron chi connectivity index (χ1n) is 6.87. The zero-order valence-electron chi connectivity index (χ0n) is 13.5. The highest BCUT2D eigenvalue weighted by Crippen LogP contribution is 1.98. The number of aliphatic hydroxyl groups is 1. The molecule has 122 valence electrons. The molecule has 20 heavy (non-hydrogen) atoms. The van der Waals surface area contributed by atoms with E-state index in [0.29, 0.717) is 19.8 Å². The van der Waals surface area contributed by atoms with Crippen molar-refractivity contribution in [2.75, 3.05) is 33.5 Å². The zero-order chi connectivity index (χ0) is 16.0. The minimum Gasteiger partial charge on any atom is -0.466 e. The lowest BCUT2D eigenvalue weighted by molar-refractivity contribution is -0.140. The van der Waals surface area contributed by atoms with E-state index in [0.717, 1.165) is 0 Å². The topological polar surface area (TPSA) is 74.2 Å². The normalized spacial score (nSPS) is 14.8. The molecule has 0 radical (unpaired) electrons. The Hall–Kier alpha value is -0.690. The molecule has 0 aromatic rings. The molecular weight excluding hydrogens is 264 g/mol. The maximum absolute atomic E-state index is 9.82. The molecule has 0 spiro atoms. The predicted molar refractivity (Wildman–Crippen MR) is 76.7 cm³/mol. The van der Waals surface area contributed by atoms with Crippen LogP contribution in [0, 0.1) is 0 Å². The van der Waals surface area contributed by atoms with E-state index in [1.54, 1.807) is 14.0 Å². The van der Waals surface area contributed by atoms with Crippen LogP contribution in [0.2, 0.25) is 0 Å². The third kappa shape index (κ3) is 17.3. The maximum Gasteiger partial charge on any atom is 0.302 e. The standard InChI is InChI=1S/C10H22O4.C4H8O2/c1-8(5-11)13-7-10(3)14-6-9(2)12-4;1-3-6-4(2)5/h8-11H,5-7H2,1-4H3;3H2,1-2H3. The quantitative estimate of drug-likeness (QED) is 0.648. The molecule has 0 aliphatic heterocycles. The average Bonchev–Trinajstić information content (AvgIpc) is 2.42. The molecule has 6 heteroatoms. The summed E-state index contributed by atoms with van der Waals surface area (Å²) in [5.74, 6) is -0.211. The van der Waals surface area contributed by atoms with Crippen LogP contribution in [-0.2, 0) is 23.7 Å². The molecule has 0 saturated heterocycles. The van der Waals surface area contributed by atoms with Gasteiger partial charge in [0.2, 0.25) is 0 Å². The summed E-state index contributed by atoms with van der Waals surface area (Å²) in [5.41, 5.74) is 0. The second kappa shape index (κ2) is 14.7. The van der Waals surface area contributed by atoms with Crippen molar-refractivity contribution in [3.63, 3.8) is 0 Å². The summed E-state index contributed by atoms with van der Waals surface area (Å²) >= 11 is 0. The Morgan fingerprint density at radius 1 is 1.05 bits per heavy atom. The van der Waals surface area contributed by atoms with Gasteiger partial charge in [0.25, 0.3) is 0 Å². The number of methoxy groups -OCH3 is 1. The van der Waals surface area contributed by atoms with Gasteiger partial charge in [0, 0.05) is 14.0 Å². The highest BCUT2D eigenvalue weighted by Gasteiger charge is 2.07. The highest BCUT2D eigenvalue weighted by molar-refractivity contribution is 5.65. The largest absolute Gasteiger partial charge is 0.466 e. The van der Waals surface area contributed by atoms with Gasteiger partial charge in [-0.25, -0.2) is 0 Å². The number of aliphatic hydroxyl groups excluding tert-OH is 1. The van der Waals surface area contributed by atoms with Crippen LogP contribution in [0.4, 0.5) is 0 Å². The molecule has 3 unspecified atom stereocenters. The molecule has 0 aromatic heterocycles. The molecule has 0 rings (SSSR count). The van der Waals surface area contributed by atoms with Crippen molar-refractivity contribution in [3.8, 4) is 0 Å². The lowest BCUT2D eigenvalue weighted by Crippen LogP contribution is -2.25. The number of esters is 1. The van der Waals surface area contributed by atoms with Crippen LogP contribution < -0.4 is 0 Å². The fourth-order valence-electron chi connectivity index (χ4n) is 0.972. The molecule has 0 aliphatic carbocycles. The van der Waals surface area contributed by atoms with Crippen LogP contribution in [0.3, 0.4) is 0 Å². The van der Waals surface area contributed by atoms with Crippen LogP contribution in [0.15, 0.2) is 0 Å². The number of carbonyl (C=O) groups is 1. The number of hydrogen-bond acceptors (Lipinski definition) is 6. The highest BCUT2D eigenvalue weighted by atomic mass is 16.6. The van der Waals surface area contributed by atoms with Crippen molar-refractivity contribution in [1.29, 1.82) is 0 Å². The van der Waals surface area contributed by atoms with Gasteiger partial charge < -0.3 is 24.1 Å². The number of ether oxygens (including phenoxy) is 4.